The van der Waals surface area contributed by atoms with Crippen molar-refractivity contribution in [2.75, 3.05) is 33.8 Å². The molecule has 0 aliphatic carbocycles. The van der Waals surface area contributed by atoms with Crippen LogP contribution in [-0.2, 0) is 23.2 Å². The van der Waals surface area contributed by atoms with Crippen LogP contribution in [0.3, 0.4) is 0 Å². The van der Waals surface area contributed by atoms with Crippen LogP contribution in [0.2, 0.25) is 0 Å². The third-order valence-corrected chi connectivity index (χ3v) is 6.95. The molecule has 0 N–H and O–H groups in total. The van der Waals surface area contributed by atoms with Crippen molar-refractivity contribution in [1.82, 2.24) is 23.4 Å². The molecular formula is C21H33N5O3S. The molecule has 0 radical (unpaired) electrons. The van der Waals surface area contributed by atoms with Gasteiger partial charge in [-0.1, -0.05) is 0 Å². The van der Waals surface area contributed by atoms with Gasteiger partial charge in [0.15, 0.2) is 0 Å². The van der Waals surface area contributed by atoms with Gasteiger partial charge in [0.25, 0.3) is 0 Å². The van der Waals surface area contributed by atoms with Crippen molar-refractivity contribution in [1.29, 1.82) is 0 Å². The highest BCUT2D eigenvalue weighted by atomic mass is 32.2. The predicted octanol–water partition coefficient (Wildman–Crippen LogP) is 2.40. The molecule has 1 aliphatic rings. The number of aromatic nitrogens is 3. The number of likely N-dealkylation sites (tertiary alicyclic amines) is 1. The van der Waals surface area contributed by atoms with Crippen LogP contribution in [0.4, 0.5) is 0 Å². The Morgan fingerprint density at radius 3 is 2.53 bits per heavy atom. The molecule has 8 nitrogen and oxygen atoms in total. The van der Waals surface area contributed by atoms with E-state index in [2.05, 4.69) is 27.1 Å². The second-order valence-corrected chi connectivity index (χ2v) is 10.2. The second kappa shape index (κ2) is 9.45. The van der Waals surface area contributed by atoms with E-state index < -0.39 is 10.2 Å². The molecule has 0 bridgehead atoms. The molecule has 166 valence electrons. The third-order valence-electron chi connectivity index (χ3n) is 5.32. The van der Waals surface area contributed by atoms with E-state index >= 15 is 0 Å². The third kappa shape index (κ3) is 5.39. The van der Waals surface area contributed by atoms with Crippen LogP contribution in [-0.4, -0.2) is 65.6 Å². The minimum atomic E-state index is -3.72. The van der Waals surface area contributed by atoms with E-state index in [0.717, 1.165) is 45.7 Å². The number of rotatable bonds is 8. The summed E-state index contributed by atoms with van der Waals surface area (Å²) in [5.41, 5.74) is 4.18. The maximum Gasteiger partial charge on any atom is 0.325 e. The number of pyridine rings is 1. The van der Waals surface area contributed by atoms with Crippen molar-refractivity contribution in [2.24, 2.45) is 5.92 Å². The maximum atomic E-state index is 12.6. The molecule has 30 heavy (non-hydrogen) atoms. The summed E-state index contributed by atoms with van der Waals surface area (Å²) in [5, 5.41) is 4.36. The number of aryl methyl sites for hydroxylation is 2. The van der Waals surface area contributed by atoms with Gasteiger partial charge in [-0.15, -0.1) is 4.09 Å². The molecule has 2 aromatic heterocycles. The predicted molar refractivity (Wildman–Crippen MR) is 117 cm³/mol. The Hall–Kier alpha value is -1.97. The fourth-order valence-corrected chi connectivity index (χ4v) is 4.95. The van der Waals surface area contributed by atoms with Crippen LogP contribution in [0.15, 0.2) is 18.2 Å². The standard InChI is InChI=1S/C21H33N5O3S/c1-6-29-21-13-20(23-26(21)30(27,28)24(4)5)15-25-9-7-8-18(14-25)12-19-10-16(2)22-17(3)11-19/h10-11,13,18H,6-9,12,14-15H2,1-5H3/t18-/m1/s1. The molecule has 1 aliphatic heterocycles. The topological polar surface area (TPSA) is 80.6 Å². The Labute approximate surface area is 180 Å². The number of hydrogen-bond donors (Lipinski definition) is 0. The van der Waals surface area contributed by atoms with Crippen molar-refractivity contribution in [3.05, 3.63) is 40.8 Å². The summed E-state index contributed by atoms with van der Waals surface area (Å²) in [5.74, 6) is 0.830. The zero-order valence-electron chi connectivity index (χ0n) is 18.6. The van der Waals surface area contributed by atoms with Gasteiger partial charge < -0.3 is 4.74 Å². The van der Waals surface area contributed by atoms with Crippen molar-refractivity contribution in [3.8, 4) is 5.88 Å². The molecule has 1 atom stereocenters. The normalized spacial score (nSPS) is 18.1. The van der Waals surface area contributed by atoms with E-state index in [0.29, 0.717) is 24.8 Å². The van der Waals surface area contributed by atoms with Crippen LogP contribution >= 0.6 is 0 Å². The van der Waals surface area contributed by atoms with Gasteiger partial charge in [0, 0.05) is 44.6 Å². The lowest BCUT2D eigenvalue weighted by atomic mass is 9.91. The van der Waals surface area contributed by atoms with Gasteiger partial charge in [0.1, 0.15) is 0 Å². The summed E-state index contributed by atoms with van der Waals surface area (Å²) < 4.78 is 32.8. The summed E-state index contributed by atoms with van der Waals surface area (Å²) in [6, 6.07) is 6.09. The Kier molecular flexibility index (Phi) is 7.15. The Morgan fingerprint density at radius 2 is 1.90 bits per heavy atom. The molecule has 2 aromatic rings. The summed E-state index contributed by atoms with van der Waals surface area (Å²) in [6.45, 7) is 8.86. The lowest BCUT2D eigenvalue weighted by molar-refractivity contribution is 0.165. The molecule has 0 spiro atoms. The van der Waals surface area contributed by atoms with E-state index in [-0.39, 0.29) is 5.88 Å². The molecule has 0 unspecified atom stereocenters. The van der Waals surface area contributed by atoms with E-state index in [1.54, 1.807) is 6.07 Å². The Balaban J connectivity index is 1.71. The first kappa shape index (κ1) is 22.7. The average molecular weight is 436 g/mol. The van der Waals surface area contributed by atoms with Crippen LogP contribution in [0, 0.1) is 19.8 Å². The highest BCUT2D eigenvalue weighted by Crippen LogP contribution is 2.24. The van der Waals surface area contributed by atoms with E-state index in [1.807, 2.05) is 20.8 Å². The number of hydrogen-bond acceptors (Lipinski definition) is 6. The smallest absolute Gasteiger partial charge is 0.325 e. The van der Waals surface area contributed by atoms with Crippen LogP contribution in [0.25, 0.3) is 0 Å². The lowest BCUT2D eigenvalue weighted by Crippen LogP contribution is -2.36. The largest absolute Gasteiger partial charge is 0.477 e. The van der Waals surface area contributed by atoms with Gasteiger partial charge in [0.2, 0.25) is 5.88 Å². The van der Waals surface area contributed by atoms with Crippen molar-refractivity contribution in [2.45, 2.75) is 46.6 Å². The van der Waals surface area contributed by atoms with Crippen LogP contribution < -0.4 is 4.74 Å². The highest BCUT2D eigenvalue weighted by molar-refractivity contribution is 7.87. The van der Waals surface area contributed by atoms with Gasteiger partial charge in [0.05, 0.1) is 12.3 Å². The lowest BCUT2D eigenvalue weighted by Gasteiger charge is -2.32. The minimum absolute atomic E-state index is 0.262. The summed E-state index contributed by atoms with van der Waals surface area (Å²) in [4.78, 5) is 6.83. The van der Waals surface area contributed by atoms with Crippen molar-refractivity contribution < 1.29 is 13.2 Å². The Morgan fingerprint density at radius 1 is 1.20 bits per heavy atom. The fraction of sp³-hybridized carbons (Fsp3) is 0.619. The average Bonchev–Trinajstić information content (AvgIpc) is 3.04. The number of nitrogens with zero attached hydrogens (tertiary/aromatic N) is 5. The van der Waals surface area contributed by atoms with Crippen molar-refractivity contribution >= 4 is 10.2 Å². The monoisotopic (exact) mass is 435 g/mol. The molecular weight excluding hydrogens is 402 g/mol. The van der Waals surface area contributed by atoms with Crippen LogP contribution in [0.5, 0.6) is 5.88 Å². The minimum Gasteiger partial charge on any atom is -0.477 e. The molecule has 0 saturated carbocycles. The van der Waals surface area contributed by atoms with E-state index in [4.69, 9.17) is 4.74 Å². The zero-order chi connectivity index (χ0) is 21.9. The molecule has 0 amide bonds. The molecule has 9 heteroatoms. The highest BCUT2D eigenvalue weighted by Gasteiger charge is 2.26. The maximum absolute atomic E-state index is 12.6. The van der Waals surface area contributed by atoms with Gasteiger partial charge >= 0.3 is 10.2 Å². The van der Waals surface area contributed by atoms with E-state index in [1.165, 1.54) is 26.1 Å². The van der Waals surface area contributed by atoms with Gasteiger partial charge in [-0.05, 0) is 70.2 Å². The first-order valence-corrected chi connectivity index (χ1v) is 11.9. The quantitative estimate of drug-likeness (QED) is 0.633. The summed E-state index contributed by atoms with van der Waals surface area (Å²) in [6.07, 6.45) is 3.36. The van der Waals surface area contributed by atoms with Gasteiger partial charge in [-0.25, -0.2) is 0 Å². The van der Waals surface area contributed by atoms with Gasteiger partial charge in [-0.3, -0.25) is 9.88 Å². The molecule has 0 aromatic carbocycles. The summed E-state index contributed by atoms with van der Waals surface area (Å²) in [7, 11) is -0.739. The van der Waals surface area contributed by atoms with Gasteiger partial charge in [-0.2, -0.15) is 17.8 Å². The first-order valence-electron chi connectivity index (χ1n) is 10.5. The first-order chi connectivity index (χ1) is 14.2. The number of ether oxygens (including phenoxy) is 1. The summed E-state index contributed by atoms with van der Waals surface area (Å²) >= 11 is 0. The second-order valence-electron chi connectivity index (χ2n) is 8.25. The molecule has 1 saturated heterocycles. The fourth-order valence-electron chi connectivity index (χ4n) is 4.10. The molecule has 3 rings (SSSR count). The SMILES string of the molecule is CCOc1cc(CN2CCC[C@H](Cc3cc(C)nc(C)c3)C2)nn1S(=O)(=O)N(C)C. The van der Waals surface area contributed by atoms with Crippen LogP contribution in [0.1, 0.15) is 42.4 Å². The zero-order valence-corrected chi connectivity index (χ0v) is 19.4. The Bertz CT molecular complexity index is 951. The molecule has 1 fully saturated rings. The molecule has 3 heterocycles. The van der Waals surface area contributed by atoms with Crippen molar-refractivity contribution in [3.63, 3.8) is 0 Å². The number of piperidine rings is 1. The van der Waals surface area contributed by atoms with E-state index in [9.17, 15) is 8.42 Å².